The smallest absolute Gasteiger partial charge is 0.0716 e. The van der Waals surface area contributed by atoms with Crippen molar-refractivity contribution < 1.29 is 4.74 Å². The lowest BCUT2D eigenvalue weighted by atomic mass is 10.1. The van der Waals surface area contributed by atoms with Crippen LogP contribution in [0.4, 0.5) is 0 Å². The average Bonchev–Trinajstić information content (AvgIpc) is 2.29. The third kappa shape index (κ3) is 7.40. The molecule has 2 heteroatoms. The summed E-state index contributed by atoms with van der Waals surface area (Å²) in [4.78, 5) is 0. The molecule has 1 aromatic carbocycles. The van der Waals surface area contributed by atoms with E-state index in [0.717, 1.165) is 25.9 Å². The van der Waals surface area contributed by atoms with Crippen molar-refractivity contribution in [3.05, 3.63) is 35.9 Å². The Labute approximate surface area is 110 Å². The van der Waals surface area contributed by atoms with Crippen molar-refractivity contribution in [2.45, 2.75) is 45.1 Å². The average molecular weight is 255 g/mol. The first-order valence-electron chi connectivity index (χ1n) is 6.44. The second kappa shape index (κ2) is 8.54. The largest absolute Gasteiger partial charge is 0.377 e. The highest BCUT2D eigenvalue weighted by Gasteiger charge is 2.06. The summed E-state index contributed by atoms with van der Waals surface area (Å²) in [5.74, 6) is 0.683. The molecule has 0 amide bonds. The molecule has 0 saturated heterocycles. The molecule has 0 aliphatic carbocycles. The summed E-state index contributed by atoms with van der Waals surface area (Å²) in [5, 5.41) is 0.301. The van der Waals surface area contributed by atoms with Crippen molar-refractivity contribution in [1.29, 1.82) is 0 Å². The Kier molecular flexibility index (Phi) is 7.30. The quantitative estimate of drug-likeness (QED) is 0.485. The summed E-state index contributed by atoms with van der Waals surface area (Å²) in [6.07, 6.45) is 3.20. The first-order chi connectivity index (χ1) is 8.18. The van der Waals surface area contributed by atoms with Gasteiger partial charge in [-0.15, -0.1) is 11.6 Å². The van der Waals surface area contributed by atoms with Crippen LogP contribution in [0, 0.1) is 5.92 Å². The molecule has 1 unspecified atom stereocenters. The van der Waals surface area contributed by atoms with E-state index in [4.69, 9.17) is 16.3 Å². The molecule has 0 aromatic heterocycles. The van der Waals surface area contributed by atoms with E-state index in [2.05, 4.69) is 26.0 Å². The number of hydrogen-bond acceptors (Lipinski definition) is 1. The molecule has 1 atom stereocenters. The van der Waals surface area contributed by atoms with Crippen molar-refractivity contribution >= 4 is 11.6 Å². The summed E-state index contributed by atoms with van der Waals surface area (Å²) in [5.41, 5.74) is 1.23. The van der Waals surface area contributed by atoms with Gasteiger partial charge in [-0.1, -0.05) is 44.2 Å². The van der Waals surface area contributed by atoms with Crippen LogP contribution in [0.15, 0.2) is 30.3 Å². The molecule has 0 bridgehead atoms. The van der Waals surface area contributed by atoms with Gasteiger partial charge in [-0.25, -0.2) is 0 Å². The normalized spacial score (nSPS) is 12.9. The number of halogens is 1. The molecule has 1 rings (SSSR count). The van der Waals surface area contributed by atoms with Crippen molar-refractivity contribution in [2.75, 3.05) is 6.61 Å². The van der Waals surface area contributed by atoms with Crippen LogP contribution in [0.2, 0.25) is 0 Å². The van der Waals surface area contributed by atoms with Gasteiger partial charge in [0.2, 0.25) is 0 Å². The van der Waals surface area contributed by atoms with Crippen LogP contribution in [-0.2, 0) is 11.3 Å². The second-order valence-electron chi connectivity index (χ2n) is 4.91. The molecule has 0 aliphatic rings. The van der Waals surface area contributed by atoms with Crippen LogP contribution in [0.3, 0.4) is 0 Å². The van der Waals surface area contributed by atoms with Crippen molar-refractivity contribution in [1.82, 2.24) is 0 Å². The van der Waals surface area contributed by atoms with E-state index in [1.165, 1.54) is 5.56 Å². The summed E-state index contributed by atoms with van der Waals surface area (Å²) in [7, 11) is 0. The lowest BCUT2D eigenvalue weighted by molar-refractivity contribution is 0.116. The molecule has 0 spiro atoms. The standard InChI is InChI=1S/C15H23ClO/c1-13(2)11-15(16)9-6-10-17-12-14-7-4-3-5-8-14/h3-5,7-8,13,15H,6,9-12H2,1-2H3. The zero-order valence-corrected chi connectivity index (χ0v) is 11.6. The van der Waals surface area contributed by atoms with Gasteiger partial charge in [0, 0.05) is 12.0 Å². The zero-order valence-electron chi connectivity index (χ0n) is 10.9. The van der Waals surface area contributed by atoms with E-state index in [-0.39, 0.29) is 0 Å². The summed E-state index contributed by atoms with van der Waals surface area (Å²) >= 11 is 6.22. The van der Waals surface area contributed by atoms with Gasteiger partial charge < -0.3 is 4.74 Å². The van der Waals surface area contributed by atoms with Crippen molar-refractivity contribution in [3.8, 4) is 0 Å². The molecule has 1 aromatic rings. The number of benzene rings is 1. The Morgan fingerprint density at radius 1 is 1.18 bits per heavy atom. The van der Waals surface area contributed by atoms with Gasteiger partial charge in [0.25, 0.3) is 0 Å². The first-order valence-corrected chi connectivity index (χ1v) is 6.88. The van der Waals surface area contributed by atoms with E-state index in [9.17, 15) is 0 Å². The number of ether oxygens (including phenoxy) is 1. The van der Waals surface area contributed by atoms with Gasteiger partial charge in [0.1, 0.15) is 0 Å². The highest BCUT2D eigenvalue weighted by atomic mass is 35.5. The maximum absolute atomic E-state index is 6.22. The minimum Gasteiger partial charge on any atom is -0.377 e. The van der Waals surface area contributed by atoms with Crippen LogP contribution in [0.25, 0.3) is 0 Å². The molecule has 0 fully saturated rings. The molecule has 0 heterocycles. The number of rotatable bonds is 8. The van der Waals surface area contributed by atoms with Gasteiger partial charge in [-0.3, -0.25) is 0 Å². The zero-order chi connectivity index (χ0) is 12.5. The molecule has 0 aliphatic heterocycles. The van der Waals surface area contributed by atoms with Gasteiger partial charge in [-0.05, 0) is 30.7 Å². The summed E-state index contributed by atoms with van der Waals surface area (Å²) < 4.78 is 5.62. The fourth-order valence-electron chi connectivity index (χ4n) is 1.80. The molecule has 1 nitrogen and oxygen atoms in total. The van der Waals surface area contributed by atoms with Crippen LogP contribution in [0.5, 0.6) is 0 Å². The lowest BCUT2D eigenvalue weighted by Gasteiger charge is -2.11. The fraction of sp³-hybridized carbons (Fsp3) is 0.600. The van der Waals surface area contributed by atoms with Gasteiger partial charge in [0.05, 0.1) is 6.61 Å². The Bertz CT molecular complexity index is 284. The Hall–Kier alpha value is -0.530. The molecular formula is C15H23ClO. The van der Waals surface area contributed by atoms with Crippen LogP contribution < -0.4 is 0 Å². The molecule has 0 saturated carbocycles. The maximum atomic E-state index is 6.22. The minimum atomic E-state index is 0.301. The lowest BCUT2D eigenvalue weighted by Crippen LogP contribution is -2.05. The molecule has 17 heavy (non-hydrogen) atoms. The van der Waals surface area contributed by atoms with E-state index < -0.39 is 0 Å². The van der Waals surface area contributed by atoms with Crippen LogP contribution in [0.1, 0.15) is 38.7 Å². The van der Waals surface area contributed by atoms with E-state index in [1.54, 1.807) is 0 Å². The van der Waals surface area contributed by atoms with Gasteiger partial charge in [-0.2, -0.15) is 0 Å². The van der Waals surface area contributed by atoms with Gasteiger partial charge >= 0.3 is 0 Å². The van der Waals surface area contributed by atoms with Crippen molar-refractivity contribution in [3.63, 3.8) is 0 Å². The fourth-order valence-corrected chi connectivity index (χ4v) is 2.31. The number of hydrogen-bond donors (Lipinski definition) is 0. The highest BCUT2D eigenvalue weighted by Crippen LogP contribution is 2.15. The van der Waals surface area contributed by atoms with Gasteiger partial charge in [0.15, 0.2) is 0 Å². The van der Waals surface area contributed by atoms with E-state index in [0.29, 0.717) is 17.9 Å². The monoisotopic (exact) mass is 254 g/mol. The van der Waals surface area contributed by atoms with E-state index >= 15 is 0 Å². The Morgan fingerprint density at radius 2 is 1.88 bits per heavy atom. The van der Waals surface area contributed by atoms with E-state index in [1.807, 2.05) is 18.2 Å². The minimum absolute atomic E-state index is 0.301. The predicted molar refractivity (Wildman–Crippen MR) is 74.4 cm³/mol. The predicted octanol–water partition coefficient (Wildman–Crippen LogP) is 4.64. The Morgan fingerprint density at radius 3 is 2.53 bits per heavy atom. The van der Waals surface area contributed by atoms with Crippen LogP contribution in [-0.4, -0.2) is 12.0 Å². The van der Waals surface area contributed by atoms with Crippen molar-refractivity contribution in [2.24, 2.45) is 5.92 Å². The molecular weight excluding hydrogens is 232 g/mol. The molecule has 0 radical (unpaired) electrons. The summed E-state index contributed by atoms with van der Waals surface area (Å²) in [6, 6.07) is 10.3. The molecule has 96 valence electrons. The SMILES string of the molecule is CC(C)CC(Cl)CCCOCc1ccccc1. The second-order valence-corrected chi connectivity index (χ2v) is 5.52. The third-order valence-electron chi connectivity index (χ3n) is 2.64. The topological polar surface area (TPSA) is 9.23 Å². The third-order valence-corrected chi connectivity index (χ3v) is 3.04. The number of alkyl halides is 1. The maximum Gasteiger partial charge on any atom is 0.0716 e. The Balaban J connectivity index is 2.01. The highest BCUT2D eigenvalue weighted by molar-refractivity contribution is 6.20. The van der Waals surface area contributed by atoms with Crippen LogP contribution >= 0.6 is 11.6 Å². The first kappa shape index (κ1) is 14.5. The molecule has 0 N–H and O–H groups in total. The summed E-state index contributed by atoms with van der Waals surface area (Å²) in [6.45, 7) is 5.93.